The number of aryl methyl sites for hydroxylation is 1. The zero-order valence-electron chi connectivity index (χ0n) is 14.0. The number of hydrogen-bond donors (Lipinski definition) is 1. The van der Waals surface area contributed by atoms with Crippen LogP contribution in [0.1, 0.15) is 48.1 Å². The van der Waals surface area contributed by atoms with Gasteiger partial charge in [0.05, 0.1) is 11.3 Å². The fourth-order valence-corrected chi connectivity index (χ4v) is 2.13. The van der Waals surface area contributed by atoms with E-state index < -0.39 is 11.7 Å². The predicted octanol–water partition coefficient (Wildman–Crippen LogP) is 3.67. The summed E-state index contributed by atoms with van der Waals surface area (Å²) >= 11 is 0. The van der Waals surface area contributed by atoms with Gasteiger partial charge in [-0.25, -0.2) is 0 Å². The molecule has 7 heteroatoms. The minimum absolute atomic E-state index is 0.146. The molecule has 1 N–H and O–H groups in total. The smallest absolute Gasteiger partial charge is 0.347 e. The Morgan fingerprint density at radius 3 is 2.21 bits per heavy atom. The van der Waals surface area contributed by atoms with E-state index in [9.17, 15) is 18.0 Å². The topological polar surface area (TPSA) is 46.9 Å². The van der Waals surface area contributed by atoms with Crippen LogP contribution in [0.25, 0.3) is 0 Å². The average Bonchev–Trinajstić information content (AvgIpc) is 2.86. The summed E-state index contributed by atoms with van der Waals surface area (Å²) < 4.78 is 39.1. The SMILES string of the molecule is Cn1nc(C(C)(C)C)cc1C(=O)NCc1ccc(C(F)(F)F)cc1. The van der Waals surface area contributed by atoms with Crippen molar-refractivity contribution in [3.05, 3.63) is 52.8 Å². The molecule has 130 valence electrons. The lowest BCUT2D eigenvalue weighted by Crippen LogP contribution is -2.25. The minimum Gasteiger partial charge on any atom is -0.347 e. The van der Waals surface area contributed by atoms with Crippen molar-refractivity contribution in [3.8, 4) is 0 Å². The van der Waals surface area contributed by atoms with Crippen molar-refractivity contribution in [2.45, 2.75) is 38.9 Å². The maximum atomic E-state index is 12.5. The van der Waals surface area contributed by atoms with Crippen LogP contribution in [0.5, 0.6) is 0 Å². The predicted molar refractivity (Wildman–Crippen MR) is 84.5 cm³/mol. The fraction of sp³-hybridized carbons (Fsp3) is 0.412. The van der Waals surface area contributed by atoms with Crippen LogP contribution in [0, 0.1) is 0 Å². The Kier molecular flexibility index (Phi) is 4.73. The van der Waals surface area contributed by atoms with E-state index >= 15 is 0 Å². The molecule has 1 aromatic carbocycles. The Hall–Kier alpha value is -2.31. The zero-order valence-corrected chi connectivity index (χ0v) is 14.0. The molecule has 0 radical (unpaired) electrons. The van der Waals surface area contributed by atoms with Crippen molar-refractivity contribution in [2.75, 3.05) is 0 Å². The number of nitrogens with one attached hydrogen (secondary N) is 1. The zero-order chi connectivity index (χ0) is 18.1. The molecular formula is C17H20F3N3O. The number of amides is 1. The maximum absolute atomic E-state index is 12.5. The monoisotopic (exact) mass is 339 g/mol. The largest absolute Gasteiger partial charge is 0.416 e. The van der Waals surface area contributed by atoms with Crippen molar-refractivity contribution in [3.63, 3.8) is 0 Å². The molecule has 2 rings (SSSR count). The molecule has 4 nitrogen and oxygen atoms in total. The van der Waals surface area contributed by atoms with Gasteiger partial charge in [0, 0.05) is 19.0 Å². The van der Waals surface area contributed by atoms with Crippen molar-refractivity contribution >= 4 is 5.91 Å². The molecule has 2 aromatic rings. The van der Waals surface area contributed by atoms with E-state index in [4.69, 9.17) is 0 Å². The summed E-state index contributed by atoms with van der Waals surface area (Å²) in [6.45, 7) is 6.14. The third kappa shape index (κ3) is 4.15. The summed E-state index contributed by atoms with van der Waals surface area (Å²) in [6, 6.07) is 6.44. The Bertz CT molecular complexity index is 725. The molecule has 0 atom stereocenters. The highest BCUT2D eigenvalue weighted by atomic mass is 19.4. The van der Waals surface area contributed by atoms with Crippen LogP contribution in [-0.2, 0) is 25.2 Å². The number of carbonyl (C=O) groups excluding carboxylic acids is 1. The van der Waals surface area contributed by atoms with Crippen LogP contribution >= 0.6 is 0 Å². The van der Waals surface area contributed by atoms with E-state index in [1.807, 2.05) is 20.8 Å². The first kappa shape index (κ1) is 18.0. The number of aromatic nitrogens is 2. The molecule has 1 amide bonds. The Balaban J connectivity index is 2.05. The van der Waals surface area contributed by atoms with Gasteiger partial charge in [-0.15, -0.1) is 0 Å². The Labute approximate surface area is 138 Å². The van der Waals surface area contributed by atoms with Crippen LogP contribution in [0.2, 0.25) is 0 Å². The molecule has 0 aliphatic carbocycles. The van der Waals surface area contributed by atoms with Gasteiger partial charge < -0.3 is 5.32 Å². The van der Waals surface area contributed by atoms with Gasteiger partial charge in [0.2, 0.25) is 0 Å². The molecule has 0 unspecified atom stereocenters. The molecule has 1 heterocycles. The second-order valence-corrected chi connectivity index (χ2v) is 6.67. The third-order valence-corrected chi connectivity index (χ3v) is 3.62. The van der Waals surface area contributed by atoms with E-state index in [1.54, 1.807) is 13.1 Å². The highest BCUT2D eigenvalue weighted by Crippen LogP contribution is 2.29. The second kappa shape index (κ2) is 6.30. The van der Waals surface area contributed by atoms with E-state index in [2.05, 4.69) is 10.4 Å². The second-order valence-electron chi connectivity index (χ2n) is 6.67. The van der Waals surface area contributed by atoms with Crippen molar-refractivity contribution < 1.29 is 18.0 Å². The van der Waals surface area contributed by atoms with Gasteiger partial charge in [0.25, 0.3) is 5.91 Å². The highest BCUT2D eigenvalue weighted by Gasteiger charge is 2.30. The first-order valence-corrected chi connectivity index (χ1v) is 7.47. The molecule has 0 aliphatic rings. The third-order valence-electron chi connectivity index (χ3n) is 3.62. The van der Waals surface area contributed by atoms with Gasteiger partial charge in [0.1, 0.15) is 5.69 Å². The summed E-state index contributed by atoms with van der Waals surface area (Å²) in [5.74, 6) is -0.319. The summed E-state index contributed by atoms with van der Waals surface area (Å²) in [5.41, 5.74) is 0.911. The molecule has 0 fully saturated rings. The number of nitrogens with zero attached hydrogens (tertiary/aromatic N) is 2. The quantitative estimate of drug-likeness (QED) is 0.927. The molecule has 24 heavy (non-hydrogen) atoms. The van der Waals surface area contributed by atoms with Crippen molar-refractivity contribution in [1.82, 2.24) is 15.1 Å². The van der Waals surface area contributed by atoms with Crippen molar-refractivity contribution in [2.24, 2.45) is 7.05 Å². The summed E-state index contributed by atoms with van der Waals surface area (Å²) in [6.07, 6.45) is -4.36. The lowest BCUT2D eigenvalue weighted by molar-refractivity contribution is -0.137. The minimum atomic E-state index is -4.36. The molecule has 1 aromatic heterocycles. The number of halogens is 3. The van der Waals surface area contributed by atoms with E-state index in [-0.39, 0.29) is 17.9 Å². The molecular weight excluding hydrogens is 319 g/mol. The van der Waals surface area contributed by atoms with E-state index in [1.165, 1.54) is 16.8 Å². The molecule has 0 saturated carbocycles. The van der Waals surface area contributed by atoms with Gasteiger partial charge in [-0.1, -0.05) is 32.9 Å². The summed E-state index contributed by atoms with van der Waals surface area (Å²) in [4.78, 5) is 12.3. The maximum Gasteiger partial charge on any atom is 0.416 e. The van der Waals surface area contributed by atoms with Gasteiger partial charge in [-0.3, -0.25) is 9.48 Å². The number of benzene rings is 1. The standard InChI is InChI=1S/C17H20F3N3O/c1-16(2,3)14-9-13(23(4)22-14)15(24)21-10-11-5-7-12(8-6-11)17(18,19)20/h5-9H,10H2,1-4H3,(H,21,24). The van der Waals surface area contributed by atoms with Crippen LogP contribution in [0.15, 0.2) is 30.3 Å². The van der Waals surface area contributed by atoms with Gasteiger partial charge in [-0.05, 0) is 23.8 Å². The fourth-order valence-electron chi connectivity index (χ4n) is 2.13. The van der Waals surface area contributed by atoms with Crippen molar-refractivity contribution in [1.29, 1.82) is 0 Å². The van der Waals surface area contributed by atoms with Crippen LogP contribution < -0.4 is 5.32 Å². The number of rotatable bonds is 3. The Morgan fingerprint density at radius 1 is 1.17 bits per heavy atom. The highest BCUT2D eigenvalue weighted by molar-refractivity contribution is 5.92. The lowest BCUT2D eigenvalue weighted by Gasteiger charge is -2.13. The van der Waals surface area contributed by atoms with Gasteiger partial charge >= 0.3 is 6.18 Å². The van der Waals surface area contributed by atoms with Gasteiger partial charge in [-0.2, -0.15) is 18.3 Å². The molecule has 0 spiro atoms. The van der Waals surface area contributed by atoms with Crippen LogP contribution in [-0.4, -0.2) is 15.7 Å². The van der Waals surface area contributed by atoms with E-state index in [0.717, 1.165) is 17.8 Å². The van der Waals surface area contributed by atoms with Gasteiger partial charge in [0.15, 0.2) is 0 Å². The van der Waals surface area contributed by atoms with Crippen LogP contribution in [0.3, 0.4) is 0 Å². The average molecular weight is 339 g/mol. The van der Waals surface area contributed by atoms with Crippen LogP contribution in [0.4, 0.5) is 13.2 Å². The number of hydrogen-bond acceptors (Lipinski definition) is 2. The number of carbonyl (C=O) groups is 1. The number of alkyl halides is 3. The molecule has 0 aliphatic heterocycles. The molecule has 0 saturated heterocycles. The lowest BCUT2D eigenvalue weighted by atomic mass is 9.92. The Morgan fingerprint density at radius 2 is 1.75 bits per heavy atom. The summed E-state index contributed by atoms with van der Waals surface area (Å²) in [5, 5.41) is 7.03. The molecule has 0 bridgehead atoms. The first-order valence-electron chi connectivity index (χ1n) is 7.47. The normalized spacial score (nSPS) is 12.3. The first-order chi connectivity index (χ1) is 11.0. The summed E-state index contributed by atoms with van der Waals surface area (Å²) in [7, 11) is 1.68. The van der Waals surface area contributed by atoms with E-state index in [0.29, 0.717) is 11.3 Å².